The highest BCUT2D eigenvalue weighted by molar-refractivity contribution is 9.10. The van der Waals surface area contributed by atoms with Crippen LogP contribution in [0.15, 0.2) is 39.5 Å². The third kappa shape index (κ3) is 1.65. The van der Waals surface area contributed by atoms with Crippen molar-refractivity contribution in [3.63, 3.8) is 0 Å². The Bertz CT molecular complexity index is 462. The Morgan fingerprint density at radius 1 is 1.14 bits per heavy atom. The van der Waals surface area contributed by atoms with Crippen molar-refractivity contribution in [2.45, 2.75) is 0 Å². The fraction of sp³-hybridized carbons (Fsp3) is 0. The van der Waals surface area contributed by atoms with Crippen molar-refractivity contribution in [1.82, 2.24) is 0 Å². The van der Waals surface area contributed by atoms with Gasteiger partial charge in [0.1, 0.15) is 0 Å². The van der Waals surface area contributed by atoms with E-state index in [4.69, 9.17) is 0 Å². The quantitative estimate of drug-likeness (QED) is 0.752. The molecule has 1 aromatic carbocycles. The van der Waals surface area contributed by atoms with Gasteiger partial charge in [-0.1, -0.05) is 24.3 Å². The van der Waals surface area contributed by atoms with Crippen LogP contribution in [0.4, 0.5) is 0 Å². The molecule has 1 heterocycles. The van der Waals surface area contributed by atoms with Gasteiger partial charge >= 0.3 is 0 Å². The number of hydrogen-bond donors (Lipinski definition) is 0. The largest absolute Gasteiger partial charge is 0.298 e. The molecule has 0 saturated carbocycles. The molecule has 0 aliphatic rings. The van der Waals surface area contributed by atoms with Crippen LogP contribution in [0.25, 0.3) is 11.1 Å². The number of aldehydes is 1. The smallest absolute Gasteiger partial charge is 0.150 e. The average Bonchev–Trinajstić information content (AvgIpc) is 2.64. The molecule has 0 unspecified atom stereocenters. The molecule has 1 aromatic heterocycles. The summed E-state index contributed by atoms with van der Waals surface area (Å²) >= 11 is 5.08. The van der Waals surface area contributed by atoms with E-state index < -0.39 is 0 Å². The first-order chi connectivity index (χ1) is 6.83. The van der Waals surface area contributed by atoms with Crippen molar-refractivity contribution >= 4 is 33.6 Å². The summed E-state index contributed by atoms with van der Waals surface area (Å²) in [6, 6.07) is 7.59. The predicted octanol–water partition coefficient (Wildman–Crippen LogP) is 3.99. The number of thiophene rings is 1. The van der Waals surface area contributed by atoms with Gasteiger partial charge in [-0.25, -0.2) is 0 Å². The maximum absolute atomic E-state index is 10.8. The van der Waals surface area contributed by atoms with Gasteiger partial charge in [-0.3, -0.25) is 4.79 Å². The first kappa shape index (κ1) is 9.62. The van der Waals surface area contributed by atoms with E-state index in [9.17, 15) is 4.79 Å². The van der Waals surface area contributed by atoms with Crippen LogP contribution in [0.1, 0.15) is 10.4 Å². The van der Waals surface area contributed by atoms with Gasteiger partial charge in [0.2, 0.25) is 0 Å². The third-order valence-electron chi connectivity index (χ3n) is 1.99. The molecule has 0 N–H and O–H groups in total. The molecule has 0 aliphatic heterocycles. The van der Waals surface area contributed by atoms with Gasteiger partial charge in [0.15, 0.2) is 6.29 Å². The number of rotatable bonds is 2. The van der Waals surface area contributed by atoms with Crippen molar-refractivity contribution in [3.8, 4) is 11.1 Å². The molecule has 70 valence electrons. The number of carbonyl (C=O) groups excluding carboxylic acids is 1. The van der Waals surface area contributed by atoms with E-state index in [2.05, 4.69) is 15.9 Å². The number of halogens is 1. The summed E-state index contributed by atoms with van der Waals surface area (Å²) in [7, 11) is 0. The molecule has 0 fully saturated rings. The van der Waals surface area contributed by atoms with Crippen LogP contribution in [-0.4, -0.2) is 6.29 Å². The van der Waals surface area contributed by atoms with E-state index in [0.717, 1.165) is 27.4 Å². The maximum atomic E-state index is 10.8. The molecule has 0 atom stereocenters. The molecule has 0 radical (unpaired) electrons. The van der Waals surface area contributed by atoms with E-state index in [1.807, 2.05) is 35.0 Å². The van der Waals surface area contributed by atoms with Gasteiger partial charge in [-0.15, -0.1) is 0 Å². The lowest BCUT2D eigenvalue weighted by Crippen LogP contribution is -1.85. The van der Waals surface area contributed by atoms with E-state index in [-0.39, 0.29) is 0 Å². The van der Waals surface area contributed by atoms with Crippen LogP contribution < -0.4 is 0 Å². The lowest BCUT2D eigenvalue weighted by molar-refractivity contribution is 0.112. The Morgan fingerprint density at radius 2 is 1.93 bits per heavy atom. The fourth-order valence-electron chi connectivity index (χ4n) is 1.32. The molecule has 2 rings (SSSR count). The Morgan fingerprint density at radius 3 is 2.57 bits per heavy atom. The topological polar surface area (TPSA) is 17.1 Å². The van der Waals surface area contributed by atoms with Gasteiger partial charge < -0.3 is 0 Å². The molecule has 3 heteroatoms. The zero-order chi connectivity index (χ0) is 9.97. The van der Waals surface area contributed by atoms with Crippen LogP contribution >= 0.6 is 27.3 Å². The maximum Gasteiger partial charge on any atom is 0.150 e. The third-order valence-corrected chi connectivity index (χ3v) is 3.70. The predicted molar refractivity (Wildman–Crippen MR) is 62.8 cm³/mol. The molecule has 0 saturated heterocycles. The van der Waals surface area contributed by atoms with E-state index in [0.29, 0.717) is 0 Å². The summed E-state index contributed by atoms with van der Waals surface area (Å²) in [5, 5.41) is 4.04. The molecule has 2 aromatic rings. The van der Waals surface area contributed by atoms with Crippen molar-refractivity contribution in [3.05, 3.63) is 45.1 Å². The van der Waals surface area contributed by atoms with Crippen LogP contribution in [0.3, 0.4) is 0 Å². The van der Waals surface area contributed by atoms with Crippen molar-refractivity contribution in [2.75, 3.05) is 0 Å². The molecule has 0 bridgehead atoms. The second-order valence-electron chi connectivity index (χ2n) is 2.84. The van der Waals surface area contributed by atoms with Crippen LogP contribution in [0, 0.1) is 0 Å². The minimum atomic E-state index is 0.728. The summed E-state index contributed by atoms with van der Waals surface area (Å²) < 4.78 is 1.04. The van der Waals surface area contributed by atoms with Gasteiger partial charge in [-0.2, -0.15) is 11.3 Å². The van der Waals surface area contributed by atoms with Gasteiger partial charge in [0.05, 0.1) is 0 Å². The van der Waals surface area contributed by atoms with Gasteiger partial charge in [-0.05, 0) is 26.9 Å². The summed E-state index contributed by atoms with van der Waals surface area (Å²) in [5.41, 5.74) is 2.79. The molecule has 14 heavy (non-hydrogen) atoms. The molecule has 0 spiro atoms. The summed E-state index contributed by atoms with van der Waals surface area (Å²) in [6.07, 6.45) is 0.888. The van der Waals surface area contributed by atoms with E-state index >= 15 is 0 Å². The summed E-state index contributed by atoms with van der Waals surface area (Å²) in [6.45, 7) is 0. The Kier molecular flexibility index (Phi) is 2.79. The van der Waals surface area contributed by atoms with Gasteiger partial charge in [0, 0.05) is 21.0 Å². The van der Waals surface area contributed by atoms with Crippen molar-refractivity contribution in [2.24, 2.45) is 0 Å². The SMILES string of the molecule is O=Cc1ccccc1-c1cscc1Br. The minimum Gasteiger partial charge on any atom is -0.298 e. The lowest BCUT2D eigenvalue weighted by Gasteiger charge is -2.02. The molecule has 1 nitrogen and oxygen atoms in total. The molecular weight excluding hydrogens is 260 g/mol. The number of benzene rings is 1. The summed E-state index contributed by atoms with van der Waals surface area (Å²) in [5.74, 6) is 0. The molecular formula is C11H7BrOS. The normalized spacial score (nSPS) is 10.1. The van der Waals surface area contributed by atoms with E-state index in [1.165, 1.54) is 0 Å². The Balaban J connectivity index is 2.62. The second kappa shape index (κ2) is 4.07. The fourth-order valence-corrected chi connectivity index (χ4v) is 2.83. The van der Waals surface area contributed by atoms with Crippen LogP contribution in [-0.2, 0) is 0 Å². The average molecular weight is 267 g/mol. The zero-order valence-corrected chi connectivity index (χ0v) is 9.64. The van der Waals surface area contributed by atoms with E-state index in [1.54, 1.807) is 11.3 Å². The highest BCUT2D eigenvalue weighted by Gasteiger charge is 2.07. The molecule has 0 aliphatic carbocycles. The highest BCUT2D eigenvalue weighted by Crippen LogP contribution is 2.32. The Hall–Kier alpha value is -0.930. The standard InChI is InChI=1S/C11H7BrOS/c12-11-7-14-6-10(11)9-4-2-1-3-8(9)5-13/h1-7H. The monoisotopic (exact) mass is 266 g/mol. The van der Waals surface area contributed by atoms with Gasteiger partial charge in [0.25, 0.3) is 0 Å². The van der Waals surface area contributed by atoms with Crippen LogP contribution in [0.5, 0.6) is 0 Å². The number of hydrogen-bond acceptors (Lipinski definition) is 2. The summed E-state index contributed by atoms with van der Waals surface area (Å²) in [4.78, 5) is 10.8. The van der Waals surface area contributed by atoms with Crippen molar-refractivity contribution in [1.29, 1.82) is 0 Å². The van der Waals surface area contributed by atoms with Crippen LogP contribution in [0.2, 0.25) is 0 Å². The molecule has 0 amide bonds. The first-order valence-electron chi connectivity index (χ1n) is 4.09. The first-order valence-corrected chi connectivity index (χ1v) is 5.83. The zero-order valence-electron chi connectivity index (χ0n) is 7.24. The minimum absolute atomic E-state index is 0.728. The Labute approximate surface area is 94.5 Å². The highest BCUT2D eigenvalue weighted by atomic mass is 79.9. The lowest BCUT2D eigenvalue weighted by atomic mass is 10.0. The van der Waals surface area contributed by atoms with Crippen molar-refractivity contribution < 1.29 is 4.79 Å². The second-order valence-corrected chi connectivity index (χ2v) is 4.44. The number of carbonyl (C=O) groups is 1.